The summed E-state index contributed by atoms with van der Waals surface area (Å²) in [6.45, 7) is 2.55. The topological polar surface area (TPSA) is 0 Å². The molecule has 2 aromatic carbocycles. The molecule has 0 amide bonds. The monoisotopic (exact) mass is 269 g/mol. The molecule has 0 radical (unpaired) electrons. The minimum Gasteiger partial charge on any atom is -0.0620 e. The number of hydrogen-bond donors (Lipinski definition) is 0. The molecule has 0 spiro atoms. The summed E-state index contributed by atoms with van der Waals surface area (Å²) in [7, 11) is -1.22. The van der Waals surface area contributed by atoms with E-state index < -0.39 is 7.26 Å². The summed E-state index contributed by atoms with van der Waals surface area (Å²) in [5.41, 5.74) is 0.886. The van der Waals surface area contributed by atoms with Crippen LogP contribution in [0.4, 0.5) is 0 Å². The second-order valence-corrected chi connectivity index (χ2v) is 9.60. The normalized spacial score (nSPS) is 16.7. The van der Waals surface area contributed by atoms with E-state index in [1.807, 2.05) is 0 Å². The van der Waals surface area contributed by atoms with Crippen LogP contribution in [0.1, 0.15) is 25.7 Å². The van der Waals surface area contributed by atoms with Crippen LogP contribution >= 0.6 is 7.26 Å². The molecule has 0 nitrogen and oxygen atoms in total. The van der Waals surface area contributed by atoms with Crippen LogP contribution in [0.3, 0.4) is 0 Å². The van der Waals surface area contributed by atoms with Crippen LogP contribution in [-0.4, -0.2) is 12.3 Å². The van der Waals surface area contributed by atoms with Crippen LogP contribution in [0.5, 0.6) is 0 Å². The molecule has 1 saturated carbocycles. The molecule has 0 saturated heterocycles. The predicted octanol–water partition coefficient (Wildman–Crippen LogP) is 4.23. The van der Waals surface area contributed by atoms with Crippen molar-refractivity contribution in [2.75, 3.05) is 6.66 Å². The molecule has 3 rings (SSSR count). The molecule has 1 fully saturated rings. The Kier molecular flexibility index (Phi) is 3.71. The van der Waals surface area contributed by atoms with Gasteiger partial charge in [-0.3, -0.25) is 0 Å². The maximum absolute atomic E-state index is 2.55. The third-order valence-corrected chi connectivity index (χ3v) is 9.36. The fourth-order valence-corrected chi connectivity index (χ4v) is 7.59. The van der Waals surface area contributed by atoms with E-state index in [9.17, 15) is 0 Å². The molecule has 19 heavy (non-hydrogen) atoms. The Morgan fingerprint density at radius 3 is 1.58 bits per heavy atom. The van der Waals surface area contributed by atoms with E-state index in [1.54, 1.807) is 10.6 Å². The molecule has 0 N–H and O–H groups in total. The highest BCUT2D eigenvalue weighted by Crippen LogP contribution is 2.61. The Morgan fingerprint density at radius 1 is 0.737 bits per heavy atom. The second kappa shape index (κ2) is 5.47. The van der Waals surface area contributed by atoms with E-state index >= 15 is 0 Å². The Hall–Kier alpha value is -1.13. The van der Waals surface area contributed by atoms with Crippen LogP contribution in [0.2, 0.25) is 0 Å². The summed E-state index contributed by atoms with van der Waals surface area (Å²) < 4.78 is 0. The molecular weight excluding hydrogens is 247 g/mol. The zero-order valence-electron chi connectivity index (χ0n) is 11.6. The summed E-state index contributed by atoms with van der Waals surface area (Å²) in [6.07, 6.45) is 5.65. The van der Waals surface area contributed by atoms with Crippen molar-refractivity contribution in [3.8, 4) is 0 Å². The third kappa shape index (κ3) is 2.35. The van der Waals surface area contributed by atoms with E-state index in [0.717, 1.165) is 5.66 Å². The van der Waals surface area contributed by atoms with Gasteiger partial charge < -0.3 is 0 Å². The van der Waals surface area contributed by atoms with Crippen molar-refractivity contribution >= 4 is 17.9 Å². The maximum atomic E-state index is 2.55. The van der Waals surface area contributed by atoms with Crippen molar-refractivity contribution in [3.05, 3.63) is 60.7 Å². The quantitative estimate of drug-likeness (QED) is 0.732. The minimum atomic E-state index is -1.22. The molecule has 0 aromatic heterocycles. The highest BCUT2D eigenvalue weighted by molar-refractivity contribution is 7.89. The highest BCUT2D eigenvalue weighted by atomic mass is 31.2. The lowest BCUT2D eigenvalue weighted by Gasteiger charge is -2.29. The molecule has 0 unspecified atom stereocenters. The SMILES string of the molecule is C[P+](c1ccccc1)(c1ccccc1)C1CCCC1. The Morgan fingerprint density at radius 2 is 1.16 bits per heavy atom. The van der Waals surface area contributed by atoms with Crippen molar-refractivity contribution < 1.29 is 0 Å². The minimum absolute atomic E-state index is 0.886. The Balaban J connectivity index is 2.10. The van der Waals surface area contributed by atoms with Gasteiger partial charge in [0.2, 0.25) is 0 Å². The highest BCUT2D eigenvalue weighted by Gasteiger charge is 2.46. The molecule has 1 aliphatic rings. The number of hydrogen-bond acceptors (Lipinski definition) is 0. The first-order valence-electron chi connectivity index (χ1n) is 7.29. The first kappa shape index (κ1) is 12.9. The molecule has 1 aliphatic carbocycles. The van der Waals surface area contributed by atoms with E-state index in [0.29, 0.717) is 0 Å². The fraction of sp³-hybridized carbons (Fsp3) is 0.333. The molecule has 0 atom stereocenters. The summed E-state index contributed by atoms with van der Waals surface area (Å²) in [6, 6.07) is 22.4. The maximum Gasteiger partial charge on any atom is 0.0991 e. The van der Waals surface area contributed by atoms with Gasteiger partial charge in [0.05, 0.1) is 30.2 Å². The average molecular weight is 269 g/mol. The lowest BCUT2D eigenvalue weighted by atomic mass is 10.3. The van der Waals surface area contributed by atoms with E-state index in [4.69, 9.17) is 0 Å². The average Bonchev–Trinajstić information content (AvgIpc) is 3.03. The second-order valence-electron chi connectivity index (χ2n) is 5.68. The Labute approximate surface area is 117 Å². The molecule has 0 heterocycles. The smallest absolute Gasteiger partial charge is 0.0620 e. The Bertz CT molecular complexity index is 472. The van der Waals surface area contributed by atoms with Crippen LogP contribution in [0.15, 0.2) is 60.7 Å². The summed E-state index contributed by atoms with van der Waals surface area (Å²) in [5, 5.41) is 3.15. The van der Waals surface area contributed by atoms with Gasteiger partial charge in [-0.1, -0.05) is 36.4 Å². The summed E-state index contributed by atoms with van der Waals surface area (Å²) >= 11 is 0. The zero-order chi connectivity index (χ0) is 13.1. The molecule has 1 heteroatoms. The number of benzene rings is 2. The van der Waals surface area contributed by atoms with Crippen LogP contribution in [0.25, 0.3) is 0 Å². The summed E-state index contributed by atoms with van der Waals surface area (Å²) in [5.74, 6) is 0. The molecule has 0 bridgehead atoms. The lowest BCUT2D eigenvalue weighted by molar-refractivity contribution is 0.886. The van der Waals surface area contributed by atoms with Crippen molar-refractivity contribution in [1.82, 2.24) is 0 Å². The van der Waals surface area contributed by atoms with Gasteiger partial charge in [0, 0.05) is 0 Å². The van der Waals surface area contributed by atoms with E-state index in [2.05, 4.69) is 67.3 Å². The molecular formula is C18H22P+. The van der Waals surface area contributed by atoms with Crippen molar-refractivity contribution in [2.24, 2.45) is 0 Å². The molecule has 98 valence electrons. The van der Waals surface area contributed by atoms with Crippen LogP contribution in [0, 0.1) is 0 Å². The fourth-order valence-electron chi connectivity index (χ4n) is 3.47. The lowest BCUT2D eigenvalue weighted by Crippen LogP contribution is -2.29. The zero-order valence-corrected chi connectivity index (χ0v) is 12.5. The van der Waals surface area contributed by atoms with Crippen molar-refractivity contribution in [3.63, 3.8) is 0 Å². The van der Waals surface area contributed by atoms with Crippen molar-refractivity contribution in [1.29, 1.82) is 0 Å². The van der Waals surface area contributed by atoms with Gasteiger partial charge in [-0.25, -0.2) is 0 Å². The first-order valence-corrected chi connectivity index (χ1v) is 9.60. The molecule has 0 aliphatic heterocycles. The van der Waals surface area contributed by atoms with Gasteiger partial charge in [0.25, 0.3) is 0 Å². The van der Waals surface area contributed by atoms with Gasteiger partial charge in [0.15, 0.2) is 0 Å². The van der Waals surface area contributed by atoms with Crippen LogP contribution in [-0.2, 0) is 0 Å². The van der Waals surface area contributed by atoms with Gasteiger partial charge in [-0.2, -0.15) is 0 Å². The van der Waals surface area contributed by atoms with E-state index in [-0.39, 0.29) is 0 Å². The van der Waals surface area contributed by atoms with Gasteiger partial charge in [-0.15, -0.1) is 0 Å². The largest absolute Gasteiger partial charge is 0.0991 e. The first-order chi connectivity index (χ1) is 9.32. The molecule has 2 aromatic rings. The summed E-state index contributed by atoms with van der Waals surface area (Å²) in [4.78, 5) is 0. The van der Waals surface area contributed by atoms with Gasteiger partial charge >= 0.3 is 0 Å². The standard InChI is InChI=1S/C18H22P/c1-19(18-14-8-9-15-18,16-10-4-2-5-11-16)17-12-6-3-7-13-17/h2-7,10-13,18H,8-9,14-15H2,1H3/q+1. The third-order valence-electron chi connectivity index (χ3n) is 4.64. The predicted molar refractivity (Wildman–Crippen MR) is 87.3 cm³/mol. The van der Waals surface area contributed by atoms with Gasteiger partial charge in [0.1, 0.15) is 0 Å². The number of rotatable bonds is 3. The van der Waals surface area contributed by atoms with E-state index in [1.165, 1.54) is 25.7 Å². The van der Waals surface area contributed by atoms with Crippen LogP contribution < -0.4 is 10.6 Å². The van der Waals surface area contributed by atoms with Crippen molar-refractivity contribution in [2.45, 2.75) is 31.3 Å². The van der Waals surface area contributed by atoms with Gasteiger partial charge in [-0.05, 0) is 49.9 Å².